The highest BCUT2D eigenvalue weighted by atomic mass is 16.6. The van der Waals surface area contributed by atoms with Crippen molar-refractivity contribution in [1.29, 1.82) is 0 Å². The van der Waals surface area contributed by atoms with Crippen LogP contribution in [0.4, 0.5) is 5.69 Å². The third-order valence-electron chi connectivity index (χ3n) is 3.18. The van der Waals surface area contributed by atoms with Crippen LogP contribution in [0.1, 0.15) is 25.0 Å². The standard InChI is InChI=1S/C13H20N2O2/c1-9(2)12(14-4)8-11-10(3)6-5-7-13(11)15(16)17/h5-7,9,12,14H,8H2,1-4H3. The zero-order chi connectivity index (χ0) is 13.0. The second-order valence-corrected chi connectivity index (χ2v) is 4.67. The SMILES string of the molecule is CNC(Cc1c(C)cccc1[N+](=O)[O-])C(C)C. The maximum absolute atomic E-state index is 11.0. The van der Waals surface area contributed by atoms with E-state index >= 15 is 0 Å². The summed E-state index contributed by atoms with van der Waals surface area (Å²) in [4.78, 5) is 10.7. The minimum absolute atomic E-state index is 0.228. The normalized spacial score (nSPS) is 12.8. The van der Waals surface area contributed by atoms with Crippen molar-refractivity contribution in [3.8, 4) is 0 Å². The summed E-state index contributed by atoms with van der Waals surface area (Å²) in [7, 11) is 1.90. The minimum Gasteiger partial charge on any atom is -0.316 e. The maximum Gasteiger partial charge on any atom is 0.272 e. The van der Waals surface area contributed by atoms with E-state index in [1.54, 1.807) is 12.1 Å². The van der Waals surface area contributed by atoms with Crippen LogP contribution in [0.3, 0.4) is 0 Å². The molecule has 0 spiro atoms. The zero-order valence-electron chi connectivity index (χ0n) is 10.9. The molecule has 1 unspecified atom stereocenters. The Kier molecular flexibility index (Phi) is 4.63. The van der Waals surface area contributed by atoms with Crippen LogP contribution in [0.15, 0.2) is 18.2 Å². The molecule has 0 aliphatic heterocycles. The monoisotopic (exact) mass is 236 g/mol. The molecule has 0 radical (unpaired) electrons. The highest BCUT2D eigenvalue weighted by Gasteiger charge is 2.20. The van der Waals surface area contributed by atoms with Gasteiger partial charge in [-0.05, 0) is 31.9 Å². The minimum atomic E-state index is -0.296. The van der Waals surface area contributed by atoms with Crippen molar-refractivity contribution in [2.24, 2.45) is 5.92 Å². The molecule has 0 heterocycles. The molecule has 1 N–H and O–H groups in total. The Balaban J connectivity index is 3.07. The quantitative estimate of drug-likeness (QED) is 0.631. The van der Waals surface area contributed by atoms with Crippen LogP contribution < -0.4 is 5.32 Å². The number of rotatable bonds is 5. The summed E-state index contributed by atoms with van der Waals surface area (Å²) >= 11 is 0. The first kappa shape index (κ1) is 13.6. The Morgan fingerprint density at radius 3 is 2.53 bits per heavy atom. The smallest absolute Gasteiger partial charge is 0.272 e. The van der Waals surface area contributed by atoms with Gasteiger partial charge in [0.1, 0.15) is 0 Å². The molecular formula is C13H20N2O2. The highest BCUT2D eigenvalue weighted by Crippen LogP contribution is 2.24. The van der Waals surface area contributed by atoms with E-state index in [2.05, 4.69) is 19.2 Å². The molecule has 0 aliphatic rings. The van der Waals surface area contributed by atoms with Gasteiger partial charge in [0.2, 0.25) is 0 Å². The lowest BCUT2D eigenvalue weighted by atomic mass is 9.93. The van der Waals surface area contributed by atoms with Crippen LogP contribution >= 0.6 is 0 Å². The molecular weight excluding hydrogens is 216 g/mol. The van der Waals surface area contributed by atoms with Crippen LogP contribution in [0.2, 0.25) is 0 Å². The average molecular weight is 236 g/mol. The molecule has 0 aliphatic carbocycles. The number of nitro groups is 1. The van der Waals surface area contributed by atoms with Crippen molar-refractivity contribution in [2.75, 3.05) is 7.05 Å². The van der Waals surface area contributed by atoms with E-state index in [0.29, 0.717) is 12.3 Å². The van der Waals surface area contributed by atoms with E-state index in [0.717, 1.165) is 11.1 Å². The third kappa shape index (κ3) is 3.27. The van der Waals surface area contributed by atoms with Gasteiger partial charge in [0.15, 0.2) is 0 Å². The molecule has 0 bridgehead atoms. The van der Waals surface area contributed by atoms with Gasteiger partial charge in [-0.2, -0.15) is 0 Å². The molecule has 1 atom stereocenters. The van der Waals surface area contributed by atoms with Crippen LogP contribution in [-0.4, -0.2) is 18.0 Å². The van der Waals surface area contributed by atoms with Gasteiger partial charge in [-0.1, -0.05) is 26.0 Å². The van der Waals surface area contributed by atoms with Crippen molar-refractivity contribution in [1.82, 2.24) is 5.32 Å². The summed E-state index contributed by atoms with van der Waals surface area (Å²) in [6, 6.07) is 5.50. The first-order valence-corrected chi connectivity index (χ1v) is 5.87. The number of aryl methyl sites for hydroxylation is 1. The molecule has 4 heteroatoms. The van der Waals surface area contributed by atoms with Crippen molar-refractivity contribution in [3.05, 3.63) is 39.4 Å². The lowest BCUT2D eigenvalue weighted by Crippen LogP contribution is -2.33. The Morgan fingerprint density at radius 2 is 2.06 bits per heavy atom. The lowest BCUT2D eigenvalue weighted by molar-refractivity contribution is -0.385. The number of likely N-dealkylation sites (N-methyl/N-ethyl adjacent to an activating group) is 1. The van der Waals surface area contributed by atoms with E-state index < -0.39 is 0 Å². The first-order chi connectivity index (χ1) is 7.97. The lowest BCUT2D eigenvalue weighted by Gasteiger charge is -2.21. The van der Waals surface area contributed by atoms with Crippen molar-refractivity contribution >= 4 is 5.69 Å². The molecule has 0 amide bonds. The van der Waals surface area contributed by atoms with E-state index in [4.69, 9.17) is 0 Å². The Morgan fingerprint density at radius 1 is 1.41 bits per heavy atom. The second-order valence-electron chi connectivity index (χ2n) is 4.67. The largest absolute Gasteiger partial charge is 0.316 e. The summed E-state index contributed by atoms with van der Waals surface area (Å²) in [6.45, 7) is 6.16. The summed E-state index contributed by atoms with van der Waals surface area (Å²) < 4.78 is 0. The van der Waals surface area contributed by atoms with Gasteiger partial charge in [0, 0.05) is 17.7 Å². The van der Waals surface area contributed by atoms with E-state index in [-0.39, 0.29) is 16.7 Å². The van der Waals surface area contributed by atoms with Crippen molar-refractivity contribution in [3.63, 3.8) is 0 Å². The molecule has 0 fully saturated rings. The van der Waals surface area contributed by atoms with Crippen molar-refractivity contribution in [2.45, 2.75) is 33.2 Å². The first-order valence-electron chi connectivity index (χ1n) is 5.87. The Labute approximate surface area is 102 Å². The van der Waals surface area contributed by atoms with Crippen LogP contribution in [0.25, 0.3) is 0 Å². The predicted octanol–water partition coefficient (Wildman–Crippen LogP) is 2.69. The molecule has 1 aromatic carbocycles. The summed E-state index contributed by atoms with van der Waals surface area (Å²) in [5, 5.41) is 14.2. The van der Waals surface area contributed by atoms with Crippen LogP contribution in [-0.2, 0) is 6.42 Å². The number of hydrogen-bond acceptors (Lipinski definition) is 3. The number of nitro benzene ring substituents is 1. The fourth-order valence-electron chi connectivity index (χ4n) is 2.01. The average Bonchev–Trinajstić information content (AvgIpc) is 2.26. The van der Waals surface area contributed by atoms with Crippen LogP contribution in [0, 0.1) is 23.0 Å². The van der Waals surface area contributed by atoms with Gasteiger partial charge in [-0.25, -0.2) is 0 Å². The molecule has 0 aromatic heterocycles. The second kappa shape index (κ2) is 5.77. The van der Waals surface area contributed by atoms with Gasteiger partial charge < -0.3 is 5.32 Å². The summed E-state index contributed by atoms with van der Waals surface area (Å²) in [5.74, 6) is 0.444. The van der Waals surface area contributed by atoms with Crippen LogP contribution in [0.5, 0.6) is 0 Å². The molecule has 94 valence electrons. The van der Waals surface area contributed by atoms with E-state index in [1.807, 2.05) is 20.0 Å². The number of benzene rings is 1. The molecule has 0 saturated carbocycles. The van der Waals surface area contributed by atoms with Gasteiger partial charge in [-0.15, -0.1) is 0 Å². The Bertz CT molecular complexity index is 402. The summed E-state index contributed by atoms with van der Waals surface area (Å²) in [6.07, 6.45) is 0.692. The topological polar surface area (TPSA) is 55.2 Å². The number of nitrogens with one attached hydrogen (secondary N) is 1. The van der Waals surface area contributed by atoms with Gasteiger partial charge >= 0.3 is 0 Å². The molecule has 1 rings (SSSR count). The number of nitrogens with zero attached hydrogens (tertiary/aromatic N) is 1. The Hall–Kier alpha value is -1.42. The third-order valence-corrected chi connectivity index (χ3v) is 3.18. The van der Waals surface area contributed by atoms with Gasteiger partial charge in [0.25, 0.3) is 5.69 Å². The fourth-order valence-corrected chi connectivity index (χ4v) is 2.01. The number of hydrogen-bond donors (Lipinski definition) is 1. The summed E-state index contributed by atoms with van der Waals surface area (Å²) in [5.41, 5.74) is 2.05. The van der Waals surface area contributed by atoms with Crippen molar-refractivity contribution < 1.29 is 4.92 Å². The molecule has 1 aromatic rings. The zero-order valence-corrected chi connectivity index (χ0v) is 10.9. The van der Waals surface area contributed by atoms with E-state index in [1.165, 1.54) is 0 Å². The molecule has 17 heavy (non-hydrogen) atoms. The maximum atomic E-state index is 11.0. The van der Waals surface area contributed by atoms with Gasteiger partial charge in [0.05, 0.1) is 4.92 Å². The highest BCUT2D eigenvalue weighted by molar-refractivity contribution is 5.45. The van der Waals surface area contributed by atoms with E-state index in [9.17, 15) is 10.1 Å². The predicted molar refractivity (Wildman–Crippen MR) is 69.2 cm³/mol. The van der Waals surface area contributed by atoms with Gasteiger partial charge in [-0.3, -0.25) is 10.1 Å². The molecule has 0 saturated heterocycles. The fraction of sp³-hybridized carbons (Fsp3) is 0.538. The molecule has 4 nitrogen and oxygen atoms in total.